The molecule has 70 valence electrons. The highest BCUT2D eigenvalue weighted by Gasteiger charge is 2.04. The van der Waals surface area contributed by atoms with Crippen LogP contribution in [0.25, 0.3) is 10.9 Å². The molecular formula is C11H9NO2. The Hall–Kier alpha value is -1.90. The number of rotatable bonds is 2. The lowest BCUT2D eigenvalue weighted by molar-refractivity contribution is -0.107. The molecule has 14 heavy (non-hydrogen) atoms. The number of hydrogen-bond donors (Lipinski definition) is 1. The van der Waals surface area contributed by atoms with Gasteiger partial charge >= 0.3 is 0 Å². The maximum atomic E-state index is 10.3. The predicted molar refractivity (Wildman–Crippen MR) is 53.2 cm³/mol. The van der Waals surface area contributed by atoms with E-state index >= 15 is 0 Å². The van der Waals surface area contributed by atoms with Gasteiger partial charge in [-0.1, -0.05) is 18.2 Å². The van der Waals surface area contributed by atoms with E-state index in [1.54, 1.807) is 6.07 Å². The van der Waals surface area contributed by atoms with E-state index < -0.39 is 0 Å². The fourth-order valence-corrected chi connectivity index (χ4v) is 1.37. The third-order valence-corrected chi connectivity index (χ3v) is 2.06. The summed E-state index contributed by atoms with van der Waals surface area (Å²) in [7, 11) is 0. The molecule has 3 heteroatoms. The van der Waals surface area contributed by atoms with Gasteiger partial charge < -0.3 is 9.90 Å². The van der Waals surface area contributed by atoms with Gasteiger partial charge in [0.25, 0.3) is 0 Å². The molecule has 0 amide bonds. The summed E-state index contributed by atoms with van der Waals surface area (Å²) in [6.07, 6.45) is 0.882. The molecule has 0 atom stereocenters. The van der Waals surface area contributed by atoms with Crippen molar-refractivity contribution < 1.29 is 9.90 Å². The second-order valence-electron chi connectivity index (χ2n) is 3.02. The fourth-order valence-electron chi connectivity index (χ4n) is 1.37. The zero-order valence-corrected chi connectivity index (χ0v) is 7.47. The first-order chi connectivity index (χ1) is 6.81. The third kappa shape index (κ3) is 1.44. The molecule has 2 aromatic rings. The number of nitrogens with zero attached hydrogens (tertiary/aromatic N) is 1. The summed E-state index contributed by atoms with van der Waals surface area (Å²) < 4.78 is 0. The maximum absolute atomic E-state index is 10.3. The molecule has 0 aliphatic rings. The van der Waals surface area contributed by atoms with E-state index in [4.69, 9.17) is 0 Å². The number of hydrogen-bond acceptors (Lipinski definition) is 3. The van der Waals surface area contributed by atoms with E-state index in [0.29, 0.717) is 5.69 Å². The lowest BCUT2D eigenvalue weighted by Crippen LogP contribution is -1.92. The fraction of sp³-hybridized carbons (Fsp3) is 0.0909. The first-order valence-corrected chi connectivity index (χ1v) is 4.32. The van der Waals surface area contributed by atoms with E-state index in [-0.39, 0.29) is 12.2 Å². The highest BCUT2D eigenvalue weighted by Crippen LogP contribution is 2.21. The van der Waals surface area contributed by atoms with Crippen LogP contribution in [-0.2, 0) is 11.2 Å². The summed E-state index contributed by atoms with van der Waals surface area (Å²) in [6, 6.07) is 9.09. The van der Waals surface area contributed by atoms with Crippen molar-refractivity contribution in [2.24, 2.45) is 0 Å². The molecule has 1 N–H and O–H groups in total. The minimum atomic E-state index is 0.0794. The van der Waals surface area contributed by atoms with Gasteiger partial charge in [-0.15, -0.1) is 0 Å². The molecule has 0 saturated carbocycles. The zero-order valence-electron chi connectivity index (χ0n) is 7.47. The van der Waals surface area contributed by atoms with Crippen LogP contribution in [0, 0.1) is 0 Å². The van der Waals surface area contributed by atoms with Crippen LogP contribution in [0.3, 0.4) is 0 Å². The Morgan fingerprint density at radius 3 is 2.93 bits per heavy atom. The van der Waals surface area contributed by atoms with Crippen molar-refractivity contribution >= 4 is 17.2 Å². The van der Waals surface area contributed by atoms with Crippen molar-refractivity contribution in [1.29, 1.82) is 0 Å². The van der Waals surface area contributed by atoms with Gasteiger partial charge in [0.1, 0.15) is 12.0 Å². The smallest absolute Gasteiger partial charge is 0.138 e. The number of fused-ring (bicyclic) bond motifs is 1. The minimum Gasteiger partial charge on any atom is -0.506 e. The molecule has 0 aliphatic carbocycles. The number of aromatic hydroxyl groups is 1. The lowest BCUT2D eigenvalue weighted by atomic mass is 10.1. The van der Waals surface area contributed by atoms with Gasteiger partial charge in [-0.05, 0) is 12.1 Å². The van der Waals surface area contributed by atoms with E-state index in [2.05, 4.69) is 4.98 Å². The largest absolute Gasteiger partial charge is 0.506 e. The molecule has 0 saturated heterocycles. The van der Waals surface area contributed by atoms with E-state index in [9.17, 15) is 9.90 Å². The van der Waals surface area contributed by atoms with Gasteiger partial charge in [0.05, 0.1) is 11.2 Å². The molecule has 1 heterocycles. The standard InChI is InChI=1S/C11H9NO2/c13-6-5-10-11(14)7-8-3-1-2-4-9(8)12-10/h1-4,6-7,14H,5H2. The van der Waals surface area contributed by atoms with Crippen LogP contribution < -0.4 is 0 Å². The molecule has 1 aromatic heterocycles. The average Bonchev–Trinajstić information content (AvgIpc) is 2.19. The van der Waals surface area contributed by atoms with Crippen LogP contribution >= 0.6 is 0 Å². The Morgan fingerprint density at radius 1 is 1.36 bits per heavy atom. The number of carbonyl (C=O) groups excluding carboxylic acids is 1. The Morgan fingerprint density at radius 2 is 2.14 bits per heavy atom. The molecule has 0 radical (unpaired) electrons. The summed E-state index contributed by atoms with van der Waals surface area (Å²) in [5, 5.41) is 10.4. The number of benzene rings is 1. The summed E-state index contributed by atoms with van der Waals surface area (Å²) in [5.74, 6) is 0.0794. The van der Waals surface area contributed by atoms with Gasteiger partial charge in [0.2, 0.25) is 0 Å². The van der Waals surface area contributed by atoms with Gasteiger partial charge in [0.15, 0.2) is 0 Å². The van der Waals surface area contributed by atoms with E-state index in [1.807, 2.05) is 24.3 Å². The molecule has 1 aromatic carbocycles. The number of aldehydes is 1. The first-order valence-electron chi connectivity index (χ1n) is 4.32. The van der Waals surface area contributed by atoms with Crippen LogP contribution in [0.2, 0.25) is 0 Å². The monoisotopic (exact) mass is 187 g/mol. The van der Waals surface area contributed by atoms with Gasteiger partial charge in [-0.2, -0.15) is 0 Å². The Balaban J connectivity index is 2.64. The SMILES string of the molecule is O=CCc1nc2ccccc2cc1O. The molecule has 0 spiro atoms. The van der Waals surface area contributed by atoms with E-state index in [1.165, 1.54) is 0 Å². The first kappa shape index (κ1) is 8.69. The van der Waals surface area contributed by atoms with E-state index in [0.717, 1.165) is 17.2 Å². The van der Waals surface area contributed by atoms with Gasteiger partial charge in [-0.3, -0.25) is 0 Å². The van der Waals surface area contributed by atoms with Crippen LogP contribution in [0.4, 0.5) is 0 Å². The molecule has 0 aliphatic heterocycles. The molecule has 2 rings (SSSR count). The Kier molecular flexibility index (Phi) is 2.14. The van der Waals surface area contributed by atoms with Crippen molar-refractivity contribution in [3.63, 3.8) is 0 Å². The minimum absolute atomic E-state index is 0.0794. The van der Waals surface area contributed by atoms with Crippen LogP contribution in [0.5, 0.6) is 5.75 Å². The maximum Gasteiger partial charge on any atom is 0.138 e. The summed E-state index contributed by atoms with van der Waals surface area (Å²) >= 11 is 0. The Labute approximate surface area is 81.0 Å². The van der Waals surface area contributed by atoms with Crippen LogP contribution in [0.15, 0.2) is 30.3 Å². The third-order valence-electron chi connectivity index (χ3n) is 2.06. The zero-order chi connectivity index (χ0) is 9.97. The van der Waals surface area contributed by atoms with Gasteiger partial charge in [-0.25, -0.2) is 4.98 Å². The van der Waals surface area contributed by atoms with Crippen LogP contribution in [-0.4, -0.2) is 16.4 Å². The highest BCUT2D eigenvalue weighted by molar-refractivity contribution is 5.80. The van der Waals surface area contributed by atoms with Gasteiger partial charge in [0, 0.05) is 11.8 Å². The summed E-state index contributed by atoms with van der Waals surface area (Å²) in [5.41, 5.74) is 1.22. The summed E-state index contributed by atoms with van der Waals surface area (Å²) in [4.78, 5) is 14.5. The average molecular weight is 187 g/mol. The predicted octanol–water partition coefficient (Wildman–Crippen LogP) is 1.68. The highest BCUT2D eigenvalue weighted by atomic mass is 16.3. The summed E-state index contributed by atoms with van der Waals surface area (Å²) in [6.45, 7) is 0. The Bertz CT molecular complexity index is 480. The lowest BCUT2D eigenvalue weighted by Gasteiger charge is -2.02. The second-order valence-corrected chi connectivity index (χ2v) is 3.02. The molecule has 0 unspecified atom stereocenters. The van der Waals surface area contributed by atoms with Crippen molar-refractivity contribution in [1.82, 2.24) is 4.98 Å². The van der Waals surface area contributed by atoms with Crippen molar-refractivity contribution in [2.45, 2.75) is 6.42 Å². The normalized spacial score (nSPS) is 10.3. The van der Waals surface area contributed by atoms with Crippen molar-refractivity contribution in [2.75, 3.05) is 0 Å². The van der Waals surface area contributed by atoms with Crippen LogP contribution in [0.1, 0.15) is 5.69 Å². The molecule has 3 nitrogen and oxygen atoms in total. The molecule has 0 fully saturated rings. The second kappa shape index (κ2) is 3.46. The quantitative estimate of drug-likeness (QED) is 0.728. The number of para-hydroxylation sites is 1. The molecular weight excluding hydrogens is 178 g/mol. The number of aromatic nitrogens is 1. The topological polar surface area (TPSA) is 50.2 Å². The number of carbonyl (C=O) groups is 1. The van der Waals surface area contributed by atoms with Crippen molar-refractivity contribution in [3.05, 3.63) is 36.0 Å². The molecule has 0 bridgehead atoms. The van der Waals surface area contributed by atoms with Crippen molar-refractivity contribution in [3.8, 4) is 5.75 Å². The number of pyridine rings is 1.